The molecule has 0 aliphatic carbocycles. The number of rotatable bonds is 5. The van der Waals surface area contributed by atoms with Crippen LogP contribution < -0.4 is 15.0 Å². The van der Waals surface area contributed by atoms with Crippen LogP contribution in [0.3, 0.4) is 0 Å². The lowest BCUT2D eigenvalue weighted by molar-refractivity contribution is -0.134. The quantitative estimate of drug-likeness (QED) is 0.633. The fourth-order valence-corrected chi connectivity index (χ4v) is 3.61. The zero-order valence-corrected chi connectivity index (χ0v) is 17.2. The van der Waals surface area contributed by atoms with Crippen molar-refractivity contribution in [3.05, 3.63) is 34.9 Å². The zero-order chi connectivity index (χ0) is 21.4. The van der Waals surface area contributed by atoms with Crippen LogP contribution in [0.2, 0.25) is 0 Å². The maximum absolute atomic E-state index is 9.55. The summed E-state index contributed by atoms with van der Waals surface area (Å²) >= 11 is 0. The van der Waals surface area contributed by atoms with Gasteiger partial charge in [0.1, 0.15) is 12.4 Å². The lowest BCUT2D eigenvalue weighted by Gasteiger charge is -2.35. The number of fused-ring (bicyclic) bond motifs is 2. The Labute approximate surface area is 171 Å². The number of hydrogen-bond acceptors (Lipinski definition) is 6. The van der Waals surface area contributed by atoms with E-state index in [9.17, 15) is 9.59 Å². The zero-order valence-electron chi connectivity index (χ0n) is 17.2. The van der Waals surface area contributed by atoms with Gasteiger partial charge in [-0.05, 0) is 62.5 Å². The second kappa shape index (κ2) is 10.8. The highest BCUT2D eigenvalue weighted by molar-refractivity contribution is 5.89. The number of aliphatic carboxylic acids is 2. The Morgan fingerprint density at radius 3 is 2.55 bits per heavy atom. The van der Waals surface area contributed by atoms with Crippen molar-refractivity contribution in [3.63, 3.8) is 0 Å². The molecule has 0 spiro atoms. The smallest absolute Gasteiger partial charge is 0.328 e. The van der Waals surface area contributed by atoms with E-state index in [-0.39, 0.29) is 6.10 Å². The second-order valence-electron chi connectivity index (χ2n) is 7.09. The molecule has 1 aromatic carbocycles. The summed E-state index contributed by atoms with van der Waals surface area (Å²) in [5.74, 6) is -1.46. The Morgan fingerprint density at radius 1 is 1.28 bits per heavy atom. The molecule has 1 aromatic rings. The second-order valence-corrected chi connectivity index (χ2v) is 7.09. The van der Waals surface area contributed by atoms with Gasteiger partial charge in [0.25, 0.3) is 0 Å². The third-order valence-electron chi connectivity index (χ3n) is 5.04. The summed E-state index contributed by atoms with van der Waals surface area (Å²) in [6, 6.07) is 2.27. The van der Waals surface area contributed by atoms with Gasteiger partial charge in [-0.15, -0.1) is 0 Å². The molecule has 0 fully saturated rings. The van der Waals surface area contributed by atoms with Crippen molar-refractivity contribution in [2.75, 3.05) is 44.8 Å². The average molecular weight is 406 g/mol. The highest BCUT2D eigenvalue weighted by Crippen LogP contribution is 2.39. The van der Waals surface area contributed by atoms with Crippen molar-refractivity contribution in [2.24, 2.45) is 0 Å². The standard InChI is InChI=1S/C17H26N2O2.C4H4O4/c1-12(20-3)11-19-8-9-21-16-10-14-4-6-18-7-5-15(14)13(2)17(16)19;5-3(6)1-2-4(7)8/h10,12,18H,4-9,11H2,1-3H3;1-2H,(H,5,6)(H,7,8)/b;2-1+/t12-;/m0./s1. The van der Waals surface area contributed by atoms with E-state index in [0.717, 1.165) is 51.4 Å². The van der Waals surface area contributed by atoms with Crippen molar-refractivity contribution in [1.82, 2.24) is 5.32 Å². The van der Waals surface area contributed by atoms with E-state index in [2.05, 4.69) is 30.1 Å². The molecule has 0 unspecified atom stereocenters. The maximum Gasteiger partial charge on any atom is 0.328 e. The van der Waals surface area contributed by atoms with E-state index >= 15 is 0 Å². The fraction of sp³-hybridized carbons (Fsp3) is 0.524. The molecule has 0 saturated heterocycles. The van der Waals surface area contributed by atoms with E-state index in [1.54, 1.807) is 7.11 Å². The molecule has 2 heterocycles. The number of methoxy groups -OCH3 is 1. The van der Waals surface area contributed by atoms with E-state index in [1.165, 1.54) is 22.4 Å². The lowest BCUT2D eigenvalue weighted by atomic mass is 9.94. The maximum atomic E-state index is 9.55. The number of anilines is 1. The third-order valence-corrected chi connectivity index (χ3v) is 5.04. The van der Waals surface area contributed by atoms with Crippen LogP contribution in [0.4, 0.5) is 5.69 Å². The van der Waals surface area contributed by atoms with Gasteiger partial charge < -0.3 is 29.9 Å². The number of hydrogen-bond donors (Lipinski definition) is 3. The molecule has 0 amide bonds. The van der Waals surface area contributed by atoms with Crippen LogP contribution in [0.25, 0.3) is 0 Å². The molecular formula is C21H30N2O6. The monoisotopic (exact) mass is 406 g/mol. The van der Waals surface area contributed by atoms with Gasteiger partial charge in [-0.25, -0.2) is 9.59 Å². The number of carboxylic acid groups (broad SMARTS) is 2. The predicted molar refractivity (Wildman–Crippen MR) is 110 cm³/mol. The first-order chi connectivity index (χ1) is 13.8. The van der Waals surface area contributed by atoms with E-state index in [1.807, 2.05) is 0 Å². The first-order valence-corrected chi connectivity index (χ1v) is 9.74. The summed E-state index contributed by atoms with van der Waals surface area (Å²) in [4.78, 5) is 21.5. The largest absolute Gasteiger partial charge is 0.490 e. The summed E-state index contributed by atoms with van der Waals surface area (Å²) < 4.78 is 11.4. The summed E-state index contributed by atoms with van der Waals surface area (Å²) in [6.45, 7) is 9.14. The first-order valence-electron chi connectivity index (χ1n) is 9.74. The summed E-state index contributed by atoms with van der Waals surface area (Å²) in [5, 5.41) is 19.1. The van der Waals surface area contributed by atoms with Gasteiger partial charge in [-0.3, -0.25) is 0 Å². The average Bonchev–Trinajstić information content (AvgIpc) is 2.92. The van der Waals surface area contributed by atoms with Gasteiger partial charge in [0.15, 0.2) is 0 Å². The molecule has 0 radical (unpaired) electrons. The molecule has 0 aromatic heterocycles. The van der Waals surface area contributed by atoms with Crippen LogP contribution in [0.5, 0.6) is 5.75 Å². The Bertz CT molecular complexity index is 746. The molecule has 3 N–H and O–H groups in total. The van der Waals surface area contributed by atoms with Gasteiger partial charge in [-0.1, -0.05) is 0 Å². The number of nitrogens with one attached hydrogen (secondary N) is 1. The molecule has 8 nitrogen and oxygen atoms in total. The van der Waals surface area contributed by atoms with Crippen LogP contribution >= 0.6 is 0 Å². The van der Waals surface area contributed by atoms with Crippen LogP contribution in [0.1, 0.15) is 23.6 Å². The Kier molecular flexibility index (Phi) is 8.48. The first kappa shape index (κ1) is 22.7. The van der Waals surface area contributed by atoms with Gasteiger partial charge in [0.2, 0.25) is 0 Å². The molecule has 1 atom stereocenters. The Hall–Kier alpha value is -2.58. The summed E-state index contributed by atoms with van der Waals surface area (Å²) in [6.07, 6.45) is 3.56. The van der Waals surface area contributed by atoms with Crippen LogP contribution in [-0.4, -0.2) is 68.2 Å². The lowest BCUT2D eigenvalue weighted by Crippen LogP contribution is -2.39. The van der Waals surface area contributed by atoms with Crippen molar-refractivity contribution in [2.45, 2.75) is 32.8 Å². The Morgan fingerprint density at radius 2 is 1.93 bits per heavy atom. The molecule has 29 heavy (non-hydrogen) atoms. The molecule has 160 valence electrons. The van der Waals surface area contributed by atoms with E-state index < -0.39 is 11.9 Å². The van der Waals surface area contributed by atoms with Crippen LogP contribution in [-0.2, 0) is 27.2 Å². The predicted octanol–water partition coefficient (Wildman–Crippen LogP) is 1.63. The summed E-state index contributed by atoms with van der Waals surface area (Å²) in [5.41, 5.74) is 5.65. The number of carbonyl (C=O) groups is 2. The van der Waals surface area contributed by atoms with E-state index in [0.29, 0.717) is 12.2 Å². The molecule has 0 saturated carbocycles. The highest BCUT2D eigenvalue weighted by atomic mass is 16.5. The molecule has 3 rings (SSSR count). The minimum absolute atomic E-state index is 0.232. The normalized spacial score (nSPS) is 16.6. The van der Waals surface area contributed by atoms with E-state index in [4.69, 9.17) is 19.7 Å². The number of benzene rings is 1. The fourth-order valence-electron chi connectivity index (χ4n) is 3.61. The third kappa shape index (κ3) is 6.47. The van der Waals surface area contributed by atoms with Crippen LogP contribution in [0, 0.1) is 6.92 Å². The molecule has 8 heteroatoms. The van der Waals surface area contributed by atoms with Crippen LogP contribution in [0.15, 0.2) is 18.2 Å². The van der Waals surface area contributed by atoms with Gasteiger partial charge in [0.05, 0.1) is 18.3 Å². The van der Waals surface area contributed by atoms with Crippen molar-refractivity contribution in [1.29, 1.82) is 0 Å². The molecule has 0 bridgehead atoms. The minimum atomic E-state index is -1.26. The number of carboxylic acids is 2. The van der Waals surface area contributed by atoms with Gasteiger partial charge >= 0.3 is 11.9 Å². The SMILES string of the molecule is CO[C@@H](C)CN1CCOc2cc3c(c(C)c21)CCNCC3.O=C(O)/C=C/C(=O)O. The highest BCUT2D eigenvalue weighted by Gasteiger charge is 2.25. The van der Waals surface area contributed by atoms with Gasteiger partial charge in [0, 0.05) is 25.8 Å². The molecule has 2 aliphatic rings. The topological polar surface area (TPSA) is 108 Å². The van der Waals surface area contributed by atoms with Gasteiger partial charge in [-0.2, -0.15) is 0 Å². The minimum Gasteiger partial charge on any atom is -0.490 e. The number of nitrogens with zero attached hydrogens (tertiary/aromatic N) is 1. The molecule has 2 aliphatic heterocycles. The summed E-state index contributed by atoms with van der Waals surface area (Å²) in [7, 11) is 1.78. The Balaban J connectivity index is 0.000000321. The van der Waals surface area contributed by atoms with Crippen molar-refractivity contribution >= 4 is 17.6 Å². The molecular weight excluding hydrogens is 376 g/mol. The van der Waals surface area contributed by atoms with Crippen molar-refractivity contribution < 1.29 is 29.3 Å². The van der Waals surface area contributed by atoms with Crippen molar-refractivity contribution in [3.8, 4) is 5.75 Å². The number of ether oxygens (including phenoxy) is 2.